The van der Waals surface area contributed by atoms with Gasteiger partial charge in [-0.25, -0.2) is 0 Å². The second-order valence-corrected chi connectivity index (χ2v) is 11.6. The molecule has 0 aliphatic rings. The molecule has 0 radical (unpaired) electrons. The van der Waals surface area contributed by atoms with Gasteiger partial charge in [0.2, 0.25) is 0 Å². The number of aliphatic hydroxyl groups excluding tert-OH is 1. The fraction of sp³-hybridized carbons (Fsp3) is 0.667. The van der Waals surface area contributed by atoms with Gasteiger partial charge >= 0.3 is 0 Å². The molecule has 138 valence electrons. The molecule has 0 saturated heterocycles. The number of benzene rings is 1. The summed E-state index contributed by atoms with van der Waals surface area (Å²) in [5.74, 6) is 1.41. The molecular weight excluding hydrogens is 324 g/mol. The van der Waals surface area contributed by atoms with E-state index in [0.29, 0.717) is 31.1 Å². The van der Waals surface area contributed by atoms with Crippen molar-refractivity contribution in [1.82, 2.24) is 0 Å². The quantitative estimate of drug-likeness (QED) is 0.485. The predicted molar refractivity (Wildman–Crippen MR) is 98.4 cm³/mol. The molecule has 0 saturated carbocycles. The van der Waals surface area contributed by atoms with Gasteiger partial charge in [-0.1, -0.05) is 6.07 Å². The van der Waals surface area contributed by atoms with Crippen LogP contribution in [0.5, 0.6) is 11.5 Å². The molecule has 1 N–H and O–H groups in total. The molecule has 1 aromatic rings. The van der Waals surface area contributed by atoms with Crippen LogP contribution < -0.4 is 9.47 Å². The fourth-order valence-corrected chi connectivity index (χ4v) is 4.33. The molecule has 0 amide bonds. The lowest BCUT2D eigenvalue weighted by atomic mass is 9.99. The zero-order valence-corrected chi connectivity index (χ0v) is 16.8. The van der Waals surface area contributed by atoms with E-state index in [9.17, 15) is 5.11 Å². The Morgan fingerprint density at radius 1 is 1.04 bits per heavy atom. The summed E-state index contributed by atoms with van der Waals surface area (Å²) >= 11 is 0. The summed E-state index contributed by atoms with van der Waals surface area (Å²) in [6.07, 6.45) is 1.38. The molecule has 1 rings (SSSR count). The Morgan fingerprint density at radius 2 is 1.71 bits per heavy atom. The summed E-state index contributed by atoms with van der Waals surface area (Å²) in [6, 6.07) is 5.76. The molecule has 24 heavy (non-hydrogen) atoms. The first-order valence-corrected chi connectivity index (χ1v) is 11.7. The largest absolute Gasteiger partial charge is 0.493 e. The van der Waals surface area contributed by atoms with E-state index in [4.69, 9.17) is 18.6 Å². The Balaban J connectivity index is 2.54. The van der Waals surface area contributed by atoms with E-state index in [2.05, 4.69) is 26.6 Å². The molecular formula is C18H32O5Si. The van der Waals surface area contributed by atoms with E-state index in [1.165, 1.54) is 0 Å². The van der Waals surface area contributed by atoms with Gasteiger partial charge in [-0.3, -0.25) is 0 Å². The van der Waals surface area contributed by atoms with Gasteiger partial charge < -0.3 is 23.7 Å². The predicted octanol–water partition coefficient (Wildman–Crippen LogP) is 3.60. The first kappa shape index (κ1) is 21.0. The molecule has 0 bridgehead atoms. The van der Waals surface area contributed by atoms with E-state index in [1.54, 1.807) is 14.2 Å². The molecule has 1 atom stereocenters. The maximum Gasteiger partial charge on any atom is 0.184 e. The third-order valence-electron chi connectivity index (χ3n) is 3.69. The van der Waals surface area contributed by atoms with Crippen LogP contribution in [-0.4, -0.2) is 46.5 Å². The highest BCUT2D eigenvalue weighted by atomic mass is 28.4. The van der Waals surface area contributed by atoms with Crippen LogP contribution in [-0.2, 0) is 15.8 Å². The Kier molecular flexibility index (Phi) is 8.22. The van der Waals surface area contributed by atoms with Crippen molar-refractivity contribution in [3.63, 3.8) is 0 Å². The lowest BCUT2D eigenvalue weighted by molar-refractivity contribution is 0.00756. The van der Waals surface area contributed by atoms with Gasteiger partial charge in [-0.05, 0) is 57.1 Å². The molecule has 0 spiro atoms. The maximum atomic E-state index is 9.31. The second kappa shape index (κ2) is 9.41. The van der Waals surface area contributed by atoms with Crippen LogP contribution in [0.4, 0.5) is 0 Å². The highest BCUT2D eigenvalue weighted by Crippen LogP contribution is 2.28. The first-order chi connectivity index (χ1) is 11.2. The van der Waals surface area contributed by atoms with Crippen LogP contribution in [0, 0.1) is 0 Å². The van der Waals surface area contributed by atoms with Crippen LogP contribution >= 0.6 is 0 Å². The Labute approximate surface area is 147 Å². The van der Waals surface area contributed by atoms with Gasteiger partial charge in [0.05, 0.1) is 26.4 Å². The van der Waals surface area contributed by atoms with Crippen molar-refractivity contribution in [2.24, 2.45) is 0 Å². The topological polar surface area (TPSA) is 57.2 Å². The van der Waals surface area contributed by atoms with E-state index < -0.39 is 8.32 Å². The first-order valence-electron chi connectivity index (χ1n) is 8.33. The molecule has 0 heterocycles. The summed E-state index contributed by atoms with van der Waals surface area (Å²) in [5.41, 5.74) is 0.694. The molecule has 0 unspecified atom stereocenters. The number of hydrogen-bond donors (Lipinski definition) is 1. The minimum absolute atomic E-state index is 0.122. The number of hydrogen-bond acceptors (Lipinski definition) is 5. The summed E-state index contributed by atoms with van der Waals surface area (Å²) in [4.78, 5) is 0. The van der Waals surface area contributed by atoms with Gasteiger partial charge in [0.25, 0.3) is 0 Å². The average Bonchev–Trinajstić information content (AvgIpc) is 2.49. The van der Waals surface area contributed by atoms with Crippen LogP contribution in [0.15, 0.2) is 18.2 Å². The van der Waals surface area contributed by atoms with E-state index >= 15 is 0 Å². The Hall–Kier alpha value is -1.08. The van der Waals surface area contributed by atoms with Crippen molar-refractivity contribution in [3.05, 3.63) is 23.8 Å². The minimum Gasteiger partial charge on any atom is -0.493 e. The van der Waals surface area contributed by atoms with Crippen LogP contribution in [0.2, 0.25) is 19.6 Å². The Morgan fingerprint density at radius 3 is 2.25 bits per heavy atom. The van der Waals surface area contributed by atoms with Gasteiger partial charge in [-0.2, -0.15) is 0 Å². The summed E-state index contributed by atoms with van der Waals surface area (Å²) in [7, 11) is 1.57. The fourth-order valence-electron chi connectivity index (χ4n) is 2.65. The van der Waals surface area contributed by atoms with E-state index in [0.717, 1.165) is 12.0 Å². The van der Waals surface area contributed by atoms with Crippen molar-refractivity contribution < 1.29 is 23.7 Å². The van der Waals surface area contributed by atoms with Crippen LogP contribution in [0.25, 0.3) is 0 Å². The van der Waals surface area contributed by atoms with Gasteiger partial charge in [0, 0.05) is 13.2 Å². The summed E-state index contributed by atoms with van der Waals surface area (Å²) in [5, 5.41) is 9.31. The molecule has 0 aliphatic heterocycles. The zero-order chi connectivity index (χ0) is 18.2. The minimum atomic E-state index is -1.67. The standard InChI is InChI=1S/C18H32O5Si/c1-18(9-11-19,23-24(4,5)6)10-12-22-14-15-7-8-16(20-2)17(13-15)21-3/h7-8,13,19H,9-12,14H2,1-6H3/t18-/m1/s1. The lowest BCUT2D eigenvalue weighted by Crippen LogP contribution is -2.42. The molecule has 0 aliphatic carbocycles. The highest BCUT2D eigenvalue weighted by Gasteiger charge is 2.30. The number of methoxy groups -OCH3 is 2. The van der Waals surface area contributed by atoms with Crippen LogP contribution in [0.3, 0.4) is 0 Å². The normalized spacial score (nSPS) is 14.3. The molecule has 0 aromatic heterocycles. The van der Waals surface area contributed by atoms with Gasteiger partial charge in [0.15, 0.2) is 19.8 Å². The third-order valence-corrected chi connectivity index (χ3v) is 4.79. The van der Waals surface area contributed by atoms with E-state index in [-0.39, 0.29) is 12.2 Å². The highest BCUT2D eigenvalue weighted by molar-refractivity contribution is 6.69. The lowest BCUT2D eigenvalue weighted by Gasteiger charge is -2.36. The number of rotatable bonds is 11. The SMILES string of the molecule is COc1ccc(COCC[C@@](C)(CCO)O[Si](C)(C)C)cc1OC. The summed E-state index contributed by atoms with van der Waals surface area (Å²) in [6.45, 7) is 9.74. The Bertz CT molecular complexity index is 501. The van der Waals surface area contributed by atoms with Crippen molar-refractivity contribution in [3.8, 4) is 11.5 Å². The smallest absolute Gasteiger partial charge is 0.184 e. The molecule has 6 heteroatoms. The van der Waals surface area contributed by atoms with Gasteiger partial charge in [-0.15, -0.1) is 0 Å². The molecule has 0 fully saturated rings. The zero-order valence-electron chi connectivity index (χ0n) is 15.8. The van der Waals surface area contributed by atoms with E-state index in [1.807, 2.05) is 18.2 Å². The van der Waals surface area contributed by atoms with Crippen molar-refractivity contribution in [1.29, 1.82) is 0 Å². The van der Waals surface area contributed by atoms with Crippen LogP contribution in [0.1, 0.15) is 25.3 Å². The third kappa shape index (κ3) is 7.21. The number of ether oxygens (including phenoxy) is 3. The molecule has 5 nitrogen and oxygen atoms in total. The van der Waals surface area contributed by atoms with Gasteiger partial charge in [0.1, 0.15) is 0 Å². The number of aliphatic hydroxyl groups is 1. The summed E-state index contributed by atoms with van der Waals surface area (Å²) < 4.78 is 22.6. The maximum absolute atomic E-state index is 9.31. The van der Waals surface area contributed by atoms with Crippen molar-refractivity contribution in [2.75, 3.05) is 27.4 Å². The average molecular weight is 357 g/mol. The second-order valence-electron chi connectivity index (χ2n) is 7.13. The van der Waals surface area contributed by atoms with Crippen molar-refractivity contribution in [2.45, 2.75) is 51.6 Å². The van der Waals surface area contributed by atoms with Crippen molar-refractivity contribution >= 4 is 8.32 Å². The molecule has 1 aromatic carbocycles. The monoisotopic (exact) mass is 356 g/mol.